The number of nitrogens with two attached hydrogens (primary N) is 1. The number of hydrogen-bond donors (Lipinski definition) is 3. The molecule has 0 atom stereocenters. The van der Waals surface area contributed by atoms with E-state index in [0.29, 0.717) is 6.54 Å². The smallest absolute Gasteiger partial charge is 0.121 e. The SMILES string of the molecule is COc1cc2c(c(NCCCN)c1)NCCC2.Cl. The first-order valence-corrected chi connectivity index (χ1v) is 6.24. The Bertz CT molecular complexity index is 385. The number of anilines is 2. The second-order valence-corrected chi connectivity index (χ2v) is 4.31. The van der Waals surface area contributed by atoms with E-state index in [9.17, 15) is 0 Å². The number of hydrogen-bond acceptors (Lipinski definition) is 4. The van der Waals surface area contributed by atoms with Crippen LogP contribution in [0.15, 0.2) is 12.1 Å². The second-order valence-electron chi connectivity index (χ2n) is 4.31. The maximum absolute atomic E-state index is 5.51. The molecule has 1 aromatic carbocycles. The predicted molar refractivity (Wildman–Crippen MR) is 79.2 cm³/mol. The molecule has 0 saturated heterocycles. The van der Waals surface area contributed by atoms with Crippen LogP contribution >= 0.6 is 12.4 Å². The third kappa shape index (κ3) is 3.43. The van der Waals surface area contributed by atoms with Gasteiger partial charge in [0.05, 0.1) is 18.5 Å². The summed E-state index contributed by atoms with van der Waals surface area (Å²) in [6.45, 7) is 2.66. The van der Waals surface area contributed by atoms with Gasteiger partial charge in [-0.3, -0.25) is 0 Å². The molecule has 0 aromatic heterocycles. The van der Waals surface area contributed by atoms with E-state index < -0.39 is 0 Å². The number of rotatable bonds is 5. The van der Waals surface area contributed by atoms with Gasteiger partial charge in [0.2, 0.25) is 0 Å². The predicted octanol–water partition coefficient (Wildman–Crippen LogP) is 2.24. The Morgan fingerprint density at radius 3 is 3.00 bits per heavy atom. The minimum absolute atomic E-state index is 0. The average molecular weight is 272 g/mol. The lowest BCUT2D eigenvalue weighted by Crippen LogP contribution is -2.16. The van der Waals surface area contributed by atoms with Crippen LogP contribution in [-0.2, 0) is 6.42 Å². The second kappa shape index (κ2) is 7.34. The van der Waals surface area contributed by atoms with E-state index >= 15 is 0 Å². The van der Waals surface area contributed by atoms with Gasteiger partial charge in [0.15, 0.2) is 0 Å². The Labute approximate surface area is 115 Å². The number of ether oxygens (including phenoxy) is 1. The quantitative estimate of drug-likeness (QED) is 0.719. The van der Waals surface area contributed by atoms with Gasteiger partial charge in [-0.1, -0.05) is 0 Å². The molecule has 1 aliphatic rings. The van der Waals surface area contributed by atoms with Crippen molar-refractivity contribution in [3.05, 3.63) is 17.7 Å². The lowest BCUT2D eigenvalue weighted by atomic mass is 10.0. The molecule has 0 fully saturated rings. The largest absolute Gasteiger partial charge is 0.497 e. The van der Waals surface area contributed by atoms with Crippen molar-refractivity contribution in [3.63, 3.8) is 0 Å². The molecular formula is C13H22ClN3O. The Balaban J connectivity index is 0.00000162. The molecule has 0 aliphatic carbocycles. The molecule has 18 heavy (non-hydrogen) atoms. The Morgan fingerprint density at radius 1 is 1.44 bits per heavy atom. The number of aryl methyl sites for hydroxylation is 1. The fourth-order valence-corrected chi connectivity index (χ4v) is 2.15. The van der Waals surface area contributed by atoms with Crippen molar-refractivity contribution < 1.29 is 4.74 Å². The zero-order valence-corrected chi connectivity index (χ0v) is 11.6. The van der Waals surface area contributed by atoms with Crippen LogP contribution in [0.25, 0.3) is 0 Å². The fourth-order valence-electron chi connectivity index (χ4n) is 2.15. The summed E-state index contributed by atoms with van der Waals surface area (Å²) in [5, 5.41) is 6.89. The van der Waals surface area contributed by atoms with Crippen molar-refractivity contribution in [1.29, 1.82) is 0 Å². The molecule has 1 heterocycles. The van der Waals surface area contributed by atoms with Gasteiger partial charge in [-0.05, 0) is 37.4 Å². The van der Waals surface area contributed by atoms with Gasteiger partial charge < -0.3 is 21.1 Å². The van der Waals surface area contributed by atoms with Gasteiger partial charge in [0, 0.05) is 19.2 Å². The Morgan fingerprint density at radius 2 is 2.28 bits per heavy atom. The van der Waals surface area contributed by atoms with Crippen LogP contribution in [0.1, 0.15) is 18.4 Å². The van der Waals surface area contributed by atoms with E-state index in [-0.39, 0.29) is 12.4 Å². The van der Waals surface area contributed by atoms with Crippen LogP contribution in [-0.4, -0.2) is 26.7 Å². The van der Waals surface area contributed by atoms with Crippen LogP contribution in [0.3, 0.4) is 0 Å². The molecule has 4 nitrogen and oxygen atoms in total. The van der Waals surface area contributed by atoms with Crippen LogP contribution in [0.5, 0.6) is 5.75 Å². The molecular weight excluding hydrogens is 250 g/mol. The summed E-state index contributed by atoms with van der Waals surface area (Å²) in [6.07, 6.45) is 3.28. The van der Waals surface area contributed by atoms with Crippen LogP contribution in [0.4, 0.5) is 11.4 Å². The molecule has 4 N–H and O–H groups in total. The number of halogens is 1. The third-order valence-corrected chi connectivity index (χ3v) is 3.05. The highest BCUT2D eigenvalue weighted by atomic mass is 35.5. The Hall–Kier alpha value is -1.13. The van der Waals surface area contributed by atoms with Gasteiger partial charge in [-0.25, -0.2) is 0 Å². The van der Waals surface area contributed by atoms with Gasteiger partial charge in [-0.15, -0.1) is 12.4 Å². The summed E-state index contributed by atoms with van der Waals surface area (Å²) in [4.78, 5) is 0. The van der Waals surface area contributed by atoms with Gasteiger partial charge >= 0.3 is 0 Å². The number of nitrogens with one attached hydrogen (secondary N) is 2. The van der Waals surface area contributed by atoms with E-state index in [1.54, 1.807) is 7.11 Å². The van der Waals surface area contributed by atoms with Gasteiger partial charge in [0.25, 0.3) is 0 Å². The van der Waals surface area contributed by atoms with Crippen molar-refractivity contribution in [2.45, 2.75) is 19.3 Å². The molecule has 0 saturated carbocycles. The first kappa shape index (κ1) is 14.9. The van der Waals surface area contributed by atoms with Crippen LogP contribution in [0, 0.1) is 0 Å². The van der Waals surface area contributed by atoms with E-state index in [4.69, 9.17) is 10.5 Å². The number of benzene rings is 1. The highest BCUT2D eigenvalue weighted by molar-refractivity contribution is 5.85. The van der Waals surface area contributed by atoms with Crippen molar-refractivity contribution in [1.82, 2.24) is 0 Å². The van der Waals surface area contributed by atoms with Crippen molar-refractivity contribution in [2.75, 3.05) is 37.4 Å². The van der Waals surface area contributed by atoms with Crippen LogP contribution < -0.4 is 21.1 Å². The van der Waals surface area contributed by atoms with Gasteiger partial charge in [0.1, 0.15) is 5.75 Å². The zero-order chi connectivity index (χ0) is 12.1. The monoisotopic (exact) mass is 271 g/mol. The molecule has 102 valence electrons. The molecule has 5 heteroatoms. The van der Waals surface area contributed by atoms with Gasteiger partial charge in [-0.2, -0.15) is 0 Å². The summed E-state index contributed by atoms with van der Waals surface area (Å²) in [7, 11) is 1.71. The molecule has 2 rings (SSSR count). The topological polar surface area (TPSA) is 59.3 Å². The average Bonchev–Trinajstić information content (AvgIpc) is 2.38. The van der Waals surface area contributed by atoms with E-state index in [1.807, 2.05) is 6.07 Å². The zero-order valence-electron chi connectivity index (χ0n) is 10.8. The van der Waals surface area contributed by atoms with E-state index in [1.165, 1.54) is 17.7 Å². The molecule has 1 aliphatic heterocycles. The highest BCUT2D eigenvalue weighted by Gasteiger charge is 2.14. The third-order valence-electron chi connectivity index (χ3n) is 3.05. The number of methoxy groups -OCH3 is 1. The van der Waals surface area contributed by atoms with Crippen LogP contribution in [0.2, 0.25) is 0 Å². The molecule has 1 aromatic rings. The lowest BCUT2D eigenvalue weighted by Gasteiger charge is -2.23. The fraction of sp³-hybridized carbons (Fsp3) is 0.538. The minimum Gasteiger partial charge on any atom is -0.497 e. The van der Waals surface area contributed by atoms with E-state index in [2.05, 4.69) is 16.7 Å². The summed E-state index contributed by atoms with van der Waals surface area (Å²) in [6, 6.07) is 4.17. The summed E-state index contributed by atoms with van der Waals surface area (Å²) < 4.78 is 5.33. The molecule has 0 radical (unpaired) electrons. The summed E-state index contributed by atoms with van der Waals surface area (Å²) in [5.41, 5.74) is 9.21. The maximum Gasteiger partial charge on any atom is 0.121 e. The summed E-state index contributed by atoms with van der Waals surface area (Å²) in [5.74, 6) is 0.919. The molecule has 0 spiro atoms. The molecule has 0 amide bonds. The molecule has 0 bridgehead atoms. The first-order valence-electron chi connectivity index (χ1n) is 6.24. The Kier molecular flexibility index (Phi) is 6.09. The highest BCUT2D eigenvalue weighted by Crippen LogP contribution is 2.34. The summed E-state index contributed by atoms with van der Waals surface area (Å²) >= 11 is 0. The minimum atomic E-state index is 0. The van der Waals surface area contributed by atoms with Crippen molar-refractivity contribution in [2.24, 2.45) is 5.73 Å². The lowest BCUT2D eigenvalue weighted by molar-refractivity contribution is 0.414. The van der Waals surface area contributed by atoms with Crippen molar-refractivity contribution >= 4 is 23.8 Å². The first-order chi connectivity index (χ1) is 8.35. The van der Waals surface area contributed by atoms with E-state index in [0.717, 1.165) is 37.4 Å². The molecule has 0 unspecified atom stereocenters. The maximum atomic E-state index is 5.51. The number of fused-ring (bicyclic) bond motifs is 1. The standard InChI is InChI=1S/C13H21N3O.ClH/c1-17-11-8-10-4-2-6-16-13(10)12(9-11)15-7-3-5-14;/h8-9,15-16H,2-7,14H2,1H3;1H. The normalized spacial score (nSPS) is 13.0. The van der Waals surface area contributed by atoms with Crippen molar-refractivity contribution in [3.8, 4) is 5.75 Å².